The van der Waals surface area contributed by atoms with E-state index in [1.165, 1.54) is 21.9 Å². The Balaban J connectivity index is 1.18. The van der Waals surface area contributed by atoms with Gasteiger partial charge in [-0.25, -0.2) is 0 Å². The van der Waals surface area contributed by atoms with Crippen LogP contribution >= 0.6 is 11.8 Å². The summed E-state index contributed by atoms with van der Waals surface area (Å²) in [5, 5.41) is 11.9. The van der Waals surface area contributed by atoms with Gasteiger partial charge in [-0.3, -0.25) is 4.90 Å². The Kier molecular flexibility index (Phi) is 4.89. The molecule has 5 heteroatoms. The van der Waals surface area contributed by atoms with Crippen LogP contribution in [0.5, 0.6) is 0 Å². The first-order chi connectivity index (χ1) is 13.8. The molecule has 0 saturated carbocycles. The van der Waals surface area contributed by atoms with Crippen LogP contribution in [0.1, 0.15) is 22.5 Å². The smallest absolute Gasteiger partial charge is 0.134 e. The van der Waals surface area contributed by atoms with Gasteiger partial charge in [-0.2, -0.15) is 11.8 Å². The minimum atomic E-state index is 0.0897. The number of H-pyrrole nitrogens is 1. The van der Waals surface area contributed by atoms with Gasteiger partial charge in [0, 0.05) is 52.6 Å². The maximum absolute atomic E-state index is 9.37. The third kappa shape index (κ3) is 3.34. The zero-order valence-electron chi connectivity index (χ0n) is 15.8. The van der Waals surface area contributed by atoms with Crippen molar-refractivity contribution < 1.29 is 9.52 Å². The number of para-hydroxylation sites is 1. The highest BCUT2D eigenvalue weighted by Crippen LogP contribution is 2.30. The highest BCUT2D eigenvalue weighted by atomic mass is 32.2. The summed E-state index contributed by atoms with van der Waals surface area (Å²) in [6.45, 7) is 3.18. The Morgan fingerprint density at radius 2 is 2.07 bits per heavy atom. The van der Waals surface area contributed by atoms with E-state index in [1.807, 2.05) is 30.0 Å². The van der Waals surface area contributed by atoms with Crippen LogP contribution < -0.4 is 0 Å². The number of hydrogen-bond acceptors (Lipinski definition) is 4. The lowest BCUT2D eigenvalue weighted by Crippen LogP contribution is -2.31. The van der Waals surface area contributed by atoms with Crippen LogP contribution in [0.2, 0.25) is 0 Å². The number of fused-ring (bicyclic) bond motifs is 4. The molecule has 2 N–H and O–H groups in total. The summed E-state index contributed by atoms with van der Waals surface area (Å²) in [6.07, 6.45) is 3.17. The maximum atomic E-state index is 9.37. The summed E-state index contributed by atoms with van der Waals surface area (Å²) < 4.78 is 6.08. The predicted octanol–water partition coefficient (Wildman–Crippen LogP) is 4.70. The monoisotopic (exact) mass is 392 g/mol. The minimum Gasteiger partial charge on any atom is -0.459 e. The van der Waals surface area contributed by atoms with Gasteiger partial charge in [-0.15, -0.1) is 0 Å². The van der Waals surface area contributed by atoms with Crippen molar-refractivity contribution in [3.05, 3.63) is 71.1 Å². The second-order valence-electron chi connectivity index (χ2n) is 7.43. The zero-order valence-corrected chi connectivity index (χ0v) is 16.6. The number of aliphatic hydroxyl groups excluding tert-OH is 1. The number of nitrogens with one attached hydrogen (secondary N) is 1. The fourth-order valence-corrected chi connectivity index (χ4v) is 5.10. The van der Waals surface area contributed by atoms with Gasteiger partial charge in [-0.05, 0) is 35.7 Å². The molecule has 3 heterocycles. The number of benzene rings is 2. The van der Waals surface area contributed by atoms with Crippen molar-refractivity contribution in [3.63, 3.8) is 0 Å². The molecule has 0 unspecified atom stereocenters. The van der Waals surface area contributed by atoms with Crippen molar-refractivity contribution in [3.8, 4) is 0 Å². The molecule has 0 saturated heterocycles. The molecular formula is C23H24N2O2S. The van der Waals surface area contributed by atoms with Crippen molar-refractivity contribution >= 4 is 33.6 Å². The average molecular weight is 393 g/mol. The van der Waals surface area contributed by atoms with E-state index >= 15 is 0 Å². The Labute approximate surface area is 168 Å². The Hall–Kier alpha value is -2.21. The van der Waals surface area contributed by atoms with E-state index in [0.29, 0.717) is 0 Å². The number of aromatic nitrogens is 1. The molecule has 0 aliphatic carbocycles. The van der Waals surface area contributed by atoms with E-state index in [9.17, 15) is 5.11 Å². The fourth-order valence-electron chi connectivity index (χ4n) is 4.11. The first kappa shape index (κ1) is 17.9. The Morgan fingerprint density at radius 3 is 3.00 bits per heavy atom. The second kappa shape index (κ2) is 7.66. The van der Waals surface area contributed by atoms with Crippen LogP contribution in [0.4, 0.5) is 0 Å². The third-order valence-corrected chi connectivity index (χ3v) is 6.64. The van der Waals surface area contributed by atoms with Crippen LogP contribution in [0.25, 0.3) is 21.9 Å². The number of hydrogen-bond donors (Lipinski definition) is 2. The van der Waals surface area contributed by atoms with Gasteiger partial charge in [0.2, 0.25) is 0 Å². The summed E-state index contributed by atoms with van der Waals surface area (Å²) in [5.41, 5.74) is 5.84. The molecule has 0 fully saturated rings. The Bertz CT molecular complexity index is 1110. The molecule has 4 aromatic rings. The van der Waals surface area contributed by atoms with E-state index in [2.05, 4.69) is 40.3 Å². The highest BCUT2D eigenvalue weighted by molar-refractivity contribution is 7.98. The number of aliphatic hydroxyl groups is 1. The number of thioether (sulfide) groups is 1. The number of aromatic amines is 1. The first-order valence-electron chi connectivity index (χ1n) is 9.81. The largest absolute Gasteiger partial charge is 0.459 e. The fraction of sp³-hybridized carbons (Fsp3) is 0.304. The molecule has 0 amide bonds. The quantitative estimate of drug-likeness (QED) is 0.467. The SMILES string of the molecule is OCc1ccc2[nH]cc(CSCCN3CCc4c(oc5ccccc45)C3)c2c1. The van der Waals surface area contributed by atoms with Gasteiger partial charge in [-0.1, -0.05) is 24.3 Å². The summed E-state index contributed by atoms with van der Waals surface area (Å²) >= 11 is 1.96. The molecule has 144 valence electrons. The summed E-state index contributed by atoms with van der Waals surface area (Å²) in [7, 11) is 0. The Morgan fingerprint density at radius 1 is 1.14 bits per heavy atom. The molecule has 28 heavy (non-hydrogen) atoms. The number of nitrogens with zero attached hydrogens (tertiary/aromatic N) is 1. The molecule has 0 bridgehead atoms. The lowest BCUT2D eigenvalue weighted by atomic mass is 10.0. The minimum absolute atomic E-state index is 0.0897. The second-order valence-corrected chi connectivity index (χ2v) is 8.54. The molecular weight excluding hydrogens is 368 g/mol. The van der Waals surface area contributed by atoms with Crippen molar-refractivity contribution in [1.82, 2.24) is 9.88 Å². The molecule has 2 aromatic heterocycles. The molecule has 0 radical (unpaired) electrons. The molecule has 2 aromatic carbocycles. The maximum Gasteiger partial charge on any atom is 0.134 e. The van der Waals surface area contributed by atoms with Crippen LogP contribution in [-0.2, 0) is 25.3 Å². The standard InChI is InChI=1S/C23H24N2O2S/c26-14-16-5-6-21-20(11-16)17(12-24-21)15-28-10-9-25-8-7-19-18-3-1-2-4-22(18)27-23(19)13-25/h1-6,11-12,24,26H,7-10,13-15H2. The van der Waals surface area contributed by atoms with E-state index in [1.54, 1.807) is 0 Å². The van der Waals surface area contributed by atoms with Gasteiger partial charge in [0.25, 0.3) is 0 Å². The predicted molar refractivity (Wildman–Crippen MR) is 116 cm³/mol. The summed E-state index contributed by atoms with van der Waals surface area (Å²) in [6, 6.07) is 14.5. The molecule has 4 nitrogen and oxygen atoms in total. The van der Waals surface area contributed by atoms with Gasteiger partial charge < -0.3 is 14.5 Å². The van der Waals surface area contributed by atoms with Crippen LogP contribution in [0.15, 0.2) is 53.1 Å². The molecule has 0 spiro atoms. The van der Waals surface area contributed by atoms with E-state index in [4.69, 9.17) is 4.42 Å². The average Bonchev–Trinajstić information content (AvgIpc) is 3.31. The number of furan rings is 1. The van der Waals surface area contributed by atoms with Crippen molar-refractivity contribution in [2.45, 2.75) is 25.3 Å². The zero-order chi connectivity index (χ0) is 18.9. The van der Waals surface area contributed by atoms with E-state index in [0.717, 1.165) is 60.0 Å². The van der Waals surface area contributed by atoms with Gasteiger partial charge in [0.05, 0.1) is 13.2 Å². The van der Waals surface area contributed by atoms with Crippen molar-refractivity contribution in [2.24, 2.45) is 0 Å². The lowest BCUT2D eigenvalue weighted by Gasteiger charge is -2.25. The van der Waals surface area contributed by atoms with Crippen LogP contribution in [-0.4, -0.2) is 33.8 Å². The molecule has 1 aliphatic heterocycles. The number of rotatable bonds is 6. The van der Waals surface area contributed by atoms with Crippen molar-refractivity contribution in [1.29, 1.82) is 0 Å². The molecule has 5 rings (SSSR count). The van der Waals surface area contributed by atoms with E-state index < -0.39 is 0 Å². The highest BCUT2D eigenvalue weighted by Gasteiger charge is 2.22. The van der Waals surface area contributed by atoms with Gasteiger partial charge >= 0.3 is 0 Å². The molecule has 0 atom stereocenters. The topological polar surface area (TPSA) is 52.4 Å². The van der Waals surface area contributed by atoms with Crippen molar-refractivity contribution in [2.75, 3.05) is 18.8 Å². The van der Waals surface area contributed by atoms with Gasteiger partial charge in [0.15, 0.2) is 0 Å². The lowest BCUT2D eigenvalue weighted by molar-refractivity contribution is 0.245. The third-order valence-electron chi connectivity index (χ3n) is 5.65. The summed E-state index contributed by atoms with van der Waals surface area (Å²) in [5.74, 6) is 3.23. The van der Waals surface area contributed by atoms with Crippen LogP contribution in [0, 0.1) is 0 Å². The van der Waals surface area contributed by atoms with E-state index in [-0.39, 0.29) is 6.61 Å². The first-order valence-corrected chi connectivity index (χ1v) is 11.0. The normalized spacial score (nSPS) is 14.8. The molecule has 1 aliphatic rings. The summed E-state index contributed by atoms with van der Waals surface area (Å²) in [4.78, 5) is 5.83. The van der Waals surface area contributed by atoms with Gasteiger partial charge in [0.1, 0.15) is 11.3 Å². The van der Waals surface area contributed by atoms with Crippen LogP contribution in [0.3, 0.4) is 0 Å².